The number of hydrogen-bond donors (Lipinski definition) is 1. The molecule has 0 saturated carbocycles. The van der Waals surface area contributed by atoms with Gasteiger partial charge in [-0.2, -0.15) is 0 Å². The summed E-state index contributed by atoms with van der Waals surface area (Å²) >= 11 is 0. The van der Waals surface area contributed by atoms with Gasteiger partial charge in [0.2, 0.25) is 0 Å². The van der Waals surface area contributed by atoms with Crippen molar-refractivity contribution in [2.45, 2.75) is 32.7 Å². The molecule has 2 atom stereocenters. The van der Waals surface area contributed by atoms with Gasteiger partial charge in [0.1, 0.15) is 5.69 Å². The number of rotatable bonds is 1. The van der Waals surface area contributed by atoms with Crippen LogP contribution in [0.15, 0.2) is 12.1 Å². The molecule has 2 N–H and O–H groups in total. The molecule has 0 radical (unpaired) electrons. The molecule has 17 heavy (non-hydrogen) atoms. The first kappa shape index (κ1) is 12.1. The summed E-state index contributed by atoms with van der Waals surface area (Å²) in [6.45, 7) is 4.87. The number of piperidine rings is 1. The summed E-state index contributed by atoms with van der Waals surface area (Å²) in [5, 5.41) is 0. The van der Waals surface area contributed by atoms with Crippen molar-refractivity contribution in [1.29, 1.82) is 0 Å². The first-order chi connectivity index (χ1) is 7.99. The zero-order valence-electron chi connectivity index (χ0n) is 10.2. The van der Waals surface area contributed by atoms with Crippen LogP contribution in [0, 0.1) is 17.6 Å². The number of benzene rings is 1. The molecule has 0 aliphatic carbocycles. The molecule has 1 fully saturated rings. The van der Waals surface area contributed by atoms with Gasteiger partial charge in [0.15, 0.2) is 11.6 Å². The summed E-state index contributed by atoms with van der Waals surface area (Å²) in [6, 6.07) is 2.53. The Kier molecular flexibility index (Phi) is 3.22. The Morgan fingerprint density at radius 3 is 2.35 bits per heavy atom. The Hall–Kier alpha value is -1.32. The van der Waals surface area contributed by atoms with Gasteiger partial charge in [-0.1, -0.05) is 6.92 Å². The minimum Gasteiger partial charge on any atom is -0.399 e. The van der Waals surface area contributed by atoms with Crippen LogP contribution < -0.4 is 10.6 Å². The Morgan fingerprint density at radius 2 is 1.82 bits per heavy atom. The normalized spacial score (nSPS) is 25.1. The zero-order valence-corrected chi connectivity index (χ0v) is 10.2. The molecule has 1 saturated heterocycles. The average molecular weight is 240 g/mol. The highest BCUT2D eigenvalue weighted by molar-refractivity contribution is 5.56. The third-order valence-electron chi connectivity index (χ3n) is 3.46. The third-order valence-corrected chi connectivity index (χ3v) is 3.46. The second-order valence-corrected chi connectivity index (χ2v) is 5.01. The number of nitrogens with two attached hydrogens (primary N) is 1. The summed E-state index contributed by atoms with van der Waals surface area (Å²) in [5.74, 6) is -0.519. The molecule has 0 aromatic heterocycles. The van der Waals surface area contributed by atoms with Crippen LogP contribution in [0.25, 0.3) is 0 Å². The van der Waals surface area contributed by atoms with Crippen LogP contribution in [-0.4, -0.2) is 12.6 Å². The van der Waals surface area contributed by atoms with Gasteiger partial charge < -0.3 is 10.6 Å². The minimum atomic E-state index is -0.566. The van der Waals surface area contributed by atoms with Crippen molar-refractivity contribution < 1.29 is 8.78 Å². The van der Waals surface area contributed by atoms with E-state index in [0.29, 0.717) is 12.5 Å². The maximum absolute atomic E-state index is 13.8. The molecule has 1 aliphatic heterocycles. The summed E-state index contributed by atoms with van der Waals surface area (Å²) in [6.07, 6.45) is 1.93. The molecule has 1 aromatic carbocycles. The highest BCUT2D eigenvalue weighted by atomic mass is 19.1. The van der Waals surface area contributed by atoms with E-state index in [-0.39, 0.29) is 17.4 Å². The lowest BCUT2D eigenvalue weighted by Crippen LogP contribution is -2.41. The molecule has 2 rings (SSSR count). The standard InChI is InChI=1S/C13H18F2N2/c1-8-3-4-17(9(2)5-8)13-11(14)6-10(16)7-12(13)15/h6-9H,3-5,16H2,1-2H3. The smallest absolute Gasteiger partial charge is 0.151 e. The van der Waals surface area contributed by atoms with E-state index < -0.39 is 11.6 Å². The molecule has 0 bridgehead atoms. The Morgan fingerprint density at radius 1 is 1.24 bits per heavy atom. The molecule has 2 nitrogen and oxygen atoms in total. The van der Waals surface area contributed by atoms with E-state index in [1.165, 1.54) is 12.1 Å². The van der Waals surface area contributed by atoms with Crippen LogP contribution in [0.5, 0.6) is 0 Å². The van der Waals surface area contributed by atoms with Crippen molar-refractivity contribution >= 4 is 11.4 Å². The summed E-state index contributed by atoms with van der Waals surface area (Å²) in [4.78, 5) is 1.81. The maximum Gasteiger partial charge on any atom is 0.151 e. The quantitative estimate of drug-likeness (QED) is 0.764. The molecular weight excluding hydrogens is 222 g/mol. The molecule has 2 unspecified atom stereocenters. The third kappa shape index (κ3) is 2.35. The first-order valence-corrected chi connectivity index (χ1v) is 6.00. The van der Waals surface area contributed by atoms with Gasteiger partial charge in [-0.25, -0.2) is 8.78 Å². The highest BCUT2D eigenvalue weighted by Gasteiger charge is 2.27. The van der Waals surface area contributed by atoms with Crippen molar-refractivity contribution in [3.8, 4) is 0 Å². The van der Waals surface area contributed by atoms with Crippen LogP contribution in [0.1, 0.15) is 26.7 Å². The zero-order chi connectivity index (χ0) is 12.6. The second kappa shape index (κ2) is 4.51. The fourth-order valence-electron chi connectivity index (χ4n) is 2.60. The van der Waals surface area contributed by atoms with E-state index in [1.807, 2.05) is 11.8 Å². The van der Waals surface area contributed by atoms with Gasteiger partial charge in [-0.3, -0.25) is 0 Å². The predicted molar refractivity (Wildman–Crippen MR) is 66.0 cm³/mol. The van der Waals surface area contributed by atoms with Gasteiger partial charge in [0.25, 0.3) is 0 Å². The highest BCUT2D eigenvalue weighted by Crippen LogP contribution is 2.32. The van der Waals surface area contributed by atoms with Gasteiger partial charge in [0.05, 0.1) is 0 Å². The van der Waals surface area contributed by atoms with E-state index in [4.69, 9.17) is 5.73 Å². The van der Waals surface area contributed by atoms with Gasteiger partial charge >= 0.3 is 0 Å². The topological polar surface area (TPSA) is 29.3 Å². The Balaban J connectivity index is 2.34. The van der Waals surface area contributed by atoms with Crippen molar-refractivity contribution in [3.05, 3.63) is 23.8 Å². The molecule has 1 heterocycles. The Bertz CT molecular complexity index is 397. The van der Waals surface area contributed by atoms with E-state index in [1.54, 1.807) is 0 Å². The minimum absolute atomic E-state index is 0.0681. The van der Waals surface area contributed by atoms with E-state index in [2.05, 4.69) is 6.92 Å². The molecule has 1 aliphatic rings. The van der Waals surface area contributed by atoms with Gasteiger partial charge in [0, 0.05) is 18.3 Å². The van der Waals surface area contributed by atoms with Crippen LogP contribution in [0.4, 0.5) is 20.2 Å². The first-order valence-electron chi connectivity index (χ1n) is 6.00. The van der Waals surface area contributed by atoms with Crippen molar-refractivity contribution in [2.24, 2.45) is 5.92 Å². The van der Waals surface area contributed by atoms with Gasteiger partial charge in [-0.15, -0.1) is 0 Å². The number of hydrogen-bond acceptors (Lipinski definition) is 2. The van der Waals surface area contributed by atoms with Crippen LogP contribution in [-0.2, 0) is 0 Å². The van der Waals surface area contributed by atoms with E-state index >= 15 is 0 Å². The summed E-state index contributed by atoms with van der Waals surface area (Å²) < 4.78 is 27.6. The average Bonchev–Trinajstić information content (AvgIpc) is 2.19. The largest absolute Gasteiger partial charge is 0.399 e. The molecule has 4 heteroatoms. The fourth-order valence-corrected chi connectivity index (χ4v) is 2.60. The molecule has 0 spiro atoms. The second-order valence-electron chi connectivity index (χ2n) is 5.01. The molecule has 0 amide bonds. The number of nitrogen functional groups attached to an aromatic ring is 1. The lowest BCUT2D eigenvalue weighted by molar-refractivity contribution is 0.371. The molecule has 1 aromatic rings. The monoisotopic (exact) mass is 240 g/mol. The van der Waals surface area contributed by atoms with Crippen molar-refractivity contribution in [1.82, 2.24) is 0 Å². The summed E-state index contributed by atoms with van der Waals surface area (Å²) in [7, 11) is 0. The number of halogens is 2. The summed E-state index contributed by atoms with van der Waals surface area (Å²) in [5.41, 5.74) is 5.61. The fraction of sp³-hybridized carbons (Fsp3) is 0.538. The van der Waals surface area contributed by atoms with Gasteiger partial charge in [-0.05, 0) is 37.8 Å². The van der Waals surface area contributed by atoms with Crippen LogP contribution >= 0.6 is 0 Å². The number of nitrogens with zero attached hydrogens (tertiary/aromatic N) is 1. The van der Waals surface area contributed by atoms with E-state index in [0.717, 1.165) is 12.8 Å². The van der Waals surface area contributed by atoms with Crippen LogP contribution in [0.2, 0.25) is 0 Å². The van der Waals surface area contributed by atoms with E-state index in [9.17, 15) is 8.78 Å². The lowest BCUT2D eigenvalue weighted by Gasteiger charge is -2.38. The lowest BCUT2D eigenvalue weighted by atomic mass is 9.93. The molecule has 94 valence electrons. The molecular formula is C13H18F2N2. The van der Waals surface area contributed by atoms with Crippen molar-refractivity contribution in [2.75, 3.05) is 17.2 Å². The van der Waals surface area contributed by atoms with Crippen molar-refractivity contribution in [3.63, 3.8) is 0 Å². The Labute approximate surface area is 100 Å². The number of anilines is 2. The maximum atomic E-state index is 13.8. The SMILES string of the molecule is CC1CCN(c2c(F)cc(N)cc2F)C(C)C1. The predicted octanol–water partition coefficient (Wildman–Crippen LogP) is 3.17. The van der Waals surface area contributed by atoms with Crippen LogP contribution in [0.3, 0.4) is 0 Å².